The zero-order valence-electron chi connectivity index (χ0n) is 12.4. The van der Waals surface area contributed by atoms with E-state index in [2.05, 4.69) is 20.9 Å². The van der Waals surface area contributed by atoms with E-state index in [0.717, 1.165) is 5.56 Å². The van der Waals surface area contributed by atoms with Crippen molar-refractivity contribution in [2.45, 2.75) is 11.8 Å². The van der Waals surface area contributed by atoms with Crippen molar-refractivity contribution in [3.05, 3.63) is 53.7 Å². The smallest absolute Gasteiger partial charge is 0.256 e. The molecule has 2 rings (SSSR count). The Hall–Kier alpha value is -2.69. The lowest BCUT2D eigenvalue weighted by Gasteiger charge is -2.07. The van der Waals surface area contributed by atoms with Crippen molar-refractivity contribution in [1.29, 1.82) is 0 Å². The van der Waals surface area contributed by atoms with E-state index in [9.17, 15) is 13.2 Å². The molecule has 0 fully saturated rings. The number of benzene rings is 1. The Bertz CT molecular complexity index is 853. The lowest BCUT2D eigenvalue weighted by molar-refractivity contribution is 0.102. The van der Waals surface area contributed by atoms with Gasteiger partial charge in [-0.05, 0) is 48.9 Å². The molecule has 7 heteroatoms. The van der Waals surface area contributed by atoms with Crippen LogP contribution in [0.1, 0.15) is 15.9 Å². The van der Waals surface area contributed by atoms with E-state index in [1.54, 1.807) is 12.3 Å². The van der Waals surface area contributed by atoms with E-state index in [1.165, 1.54) is 24.3 Å². The predicted molar refractivity (Wildman–Crippen MR) is 87.4 cm³/mol. The normalized spacial score (nSPS) is 10.8. The molecule has 0 spiro atoms. The Morgan fingerprint density at radius 3 is 2.57 bits per heavy atom. The van der Waals surface area contributed by atoms with Gasteiger partial charge in [-0.15, -0.1) is 6.42 Å². The number of aromatic nitrogens is 1. The Morgan fingerprint density at radius 1 is 1.26 bits per heavy atom. The maximum atomic E-state index is 12.1. The number of sulfonamides is 1. The van der Waals surface area contributed by atoms with Crippen molar-refractivity contribution in [3.8, 4) is 12.3 Å². The van der Waals surface area contributed by atoms with Gasteiger partial charge in [-0.1, -0.05) is 5.92 Å². The van der Waals surface area contributed by atoms with Crippen LogP contribution in [0.3, 0.4) is 0 Å². The number of amides is 1. The number of nitrogens with zero attached hydrogens (tertiary/aromatic N) is 1. The Kier molecular flexibility index (Phi) is 5.11. The molecule has 6 nitrogen and oxygen atoms in total. The quantitative estimate of drug-likeness (QED) is 0.815. The third-order valence-corrected chi connectivity index (χ3v) is 4.37. The van der Waals surface area contributed by atoms with Crippen molar-refractivity contribution in [2.75, 3.05) is 11.9 Å². The highest BCUT2D eigenvalue weighted by Gasteiger charge is 2.14. The topological polar surface area (TPSA) is 88.2 Å². The van der Waals surface area contributed by atoms with Gasteiger partial charge < -0.3 is 5.32 Å². The zero-order valence-corrected chi connectivity index (χ0v) is 13.2. The van der Waals surface area contributed by atoms with Crippen LogP contribution in [0.5, 0.6) is 0 Å². The van der Waals surface area contributed by atoms with E-state index in [0.29, 0.717) is 11.4 Å². The molecule has 0 unspecified atom stereocenters. The largest absolute Gasteiger partial charge is 0.307 e. The van der Waals surface area contributed by atoms with E-state index >= 15 is 0 Å². The number of rotatable bonds is 5. The second-order valence-corrected chi connectivity index (χ2v) is 6.49. The summed E-state index contributed by atoms with van der Waals surface area (Å²) in [6.07, 6.45) is 6.62. The van der Waals surface area contributed by atoms with Crippen molar-refractivity contribution in [3.63, 3.8) is 0 Å². The Labute approximate surface area is 135 Å². The standard InChI is InChI=1S/C16H15N3O3S/c1-3-9-18-23(21,22)14-6-4-13(5-7-14)16(20)19-15-11-12(2)8-10-17-15/h1,4-8,10-11,18H,9H2,2H3,(H,17,19,20). The number of pyridine rings is 1. The molecule has 0 atom stereocenters. The molecule has 0 aliphatic carbocycles. The van der Waals surface area contributed by atoms with Crippen LogP contribution in [0.25, 0.3) is 0 Å². The van der Waals surface area contributed by atoms with E-state index in [-0.39, 0.29) is 17.3 Å². The monoisotopic (exact) mass is 329 g/mol. The van der Waals surface area contributed by atoms with Gasteiger partial charge in [0, 0.05) is 11.8 Å². The molecule has 0 aliphatic rings. The minimum Gasteiger partial charge on any atom is -0.307 e. The highest BCUT2D eigenvalue weighted by molar-refractivity contribution is 7.89. The van der Waals surface area contributed by atoms with Gasteiger partial charge in [-0.3, -0.25) is 4.79 Å². The van der Waals surface area contributed by atoms with Gasteiger partial charge in [0.05, 0.1) is 11.4 Å². The fraction of sp³-hybridized carbons (Fsp3) is 0.125. The molecular formula is C16H15N3O3S. The van der Waals surface area contributed by atoms with E-state index in [4.69, 9.17) is 6.42 Å². The number of aryl methyl sites for hydroxylation is 1. The SMILES string of the molecule is C#CCNS(=O)(=O)c1ccc(C(=O)Nc2cc(C)ccn2)cc1. The second-order valence-electron chi connectivity index (χ2n) is 4.73. The molecule has 1 aromatic carbocycles. The highest BCUT2D eigenvalue weighted by atomic mass is 32.2. The third kappa shape index (κ3) is 4.39. The summed E-state index contributed by atoms with van der Waals surface area (Å²) in [5.41, 5.74) is 1.29. The maximum Gasteiger partial charge on any atom is 0.256 e. The minimum absolute atomic E-state index is 0.0398. The van der Waals surface area contributed by atoms with Crippen LogP contribution in [0, 0.1) is 19.3 Å². The lowest BCUT2D eigenvalue weighted by atomic mass is 10.2. The van der Waals surface area contributed by atoms with Crippen LogP contribution in [0.15, 0.2) is 47.5 Å². The first-order valence-electron chi connectivity index (χ1n) is 6.69. The predicted octanol–water partition coefficient (Wildman–Crippen LogP) is 1.55. The number of hydrogen-bond acceptors (Lipinski definition) is 4. The van der Waals surface area contributed by atoms with Crippen molar-refractivity contribution >= 4 is 21.7 Å². The van der Waals surface area contributed by atoms with Gasteiger partial charge in [0.2, 0.25) is 10.0 Å². The van der Waals surface area contributed by atoms with Gasteiger partial charge in [0.1, 0.15) is 5.82 Å². The van der Waals surface area contributed by atoms with Crippen LogP contribution in [0.2, 0.25) is 0 Å². The molecule has 0 saturated carbocycles. The van der Waals surface area contributed by atoms with Gasteiger partial charge in [-0.2, -0.15) is 4.72 Å². The Balaban J connectivity index is 2.13. The first-order valence-corrected chi connectivity index (χ1v) is 8.18. The van der Waals surface area contributed by atoms with Gasteiger partial charge in [-0.25, -0.2) is 13.4 Å². The molecule has 0 bridgehead atoms. The van der Waals surface area contributed by atoms with Crippen LogP contribution in [-0.2, 0) is 10.0 Å². The lowest BCUT2D eigenvalue weighted by Crippen LogP contribution is -2.24. The molecule has 2 aromatic rings. The van der Waals surface area contributed by atoms with Crippen LogP contribution < -0.4 is 10.0 Å². The summed E-state index contributed by atoms with van der Waals surface area (Å²) in [6.45, 7) is 1.80. The summed E-state index contributed by atoms with van der Waals surface area (Å²) >= 11 is 0. The van der Waals surface area contributed by atoms with Gasteiger partial charge in [0.15, 0.2) is 0 Å². The average Bonchev–Trinajstić information content (AvgIpc) is 2.53. The number of anilines is 1. The van der Waals surface area contributed by atoms with Gasteiger partial charge in [0.25, 0.3) is 5.91 Å². The molecule has 0 saturated heterocycles. The third-order valence-electron chi connectivity index (χ3n) is 2.95. The van der Waals surface area contributed by atoms with Crippen LogP contribution >= 0.6 is 0 Å². The van der Waals surface area contributed by atoms with Crippen molar-refractivity contribution in [2.24, 2.45) is 0 Å². The zero-order chi connectivity index (χ0) is 16.9. The van der Waals surface area contributed by atoms with Crippen LogP contribution in [-0.4, -0.2) is 25.9 Å². The summed E-state index contributed by atoms with van der Waals surface area (Å²) < 4.78 is 26.0. The van der Waals surface area contributed by atoms with Crippen molar-refractivity contribution in [1.82, 2.24) is 9.71 Å². The molecule has 23 heavy (non-hydrogen) atoms. The number of hydrogen-bond donors (Lipinski definition) is 2. The van der Waals surface area contributed by atoms with Crippen molar-refractivity contribution < 1.29 is 13.2 Å². The summed E-state index contributed by atoms with van der Waals surface area (Å²) in [4.78, 5) is 16.2. The summed E-state index contributed by atoms with van der Waals surface area (Å²) in [5, 5.41) is 2.65. The Morgan fingerprint density at radius 2 is 1.96 bits per heavy atom. The summed E-state index contributed by atoms with van der Waals surface area (Å²) in [7, 11) is -3.67. The summed E-state index contributed by atoms with van der Waals surface area (Å²) in [6, 6.07) is 9.10. The second kappa shape index (κ2) is 7.05. The van der Waals surface area contributed by atoms with Crippen LogP contribution in [0.4, 0.5) is 5.82 Å². The summed E-state index contributed by atoms with van der Waals surface area (Å²) in [5.74, 6) is 2.25. The fourth-order valence-corrected chi connectivity index (χ4v) is 2.73. The molecule has 1 aromatic heterocycles. The molecule has 0 radical (unpaired) electrons. The van der Waals surface area contributed by atoms with E-state index in [1.807, 2.05) is 13.0 Å². The minimum atomic E-state index is -3.67. The molecule has 1 amide bonds. The average molecular weight is 329 g/mol. The first kappa shape index (κ1) is 16.7. The number of nitrogens with one attached hydrogen (secondary N) is 2. The molecule has 1 heterocycles. The molecular weight excluding hydrogens is 314 g/mol. The number of carbonyl (C=O) groups excluding carboxylic acids is 1. The van der Waals surface area contributed by atoms with Gasteiger partial charge >= 0.3 is 0 Å². The number of carbonyl (C=O) groups is 1. The molecule has 0 aliphatic heterocycles. The highest BCUT2D eigenvalue weighted by Crippen LogP contribution is 2.12. The maximum absolute atomic E-state index is 12.1. The van der Waals surface area contributed by atoms with E-state index < -0.39 is 10.0 Å². The fourth-order valence-electron chi connectivity index (χ4n) is 1.80. The first-order chi connectivity index (χ1) is 10.9. The molecule has 118 valence electrons. The number of terminal acetylenes is 1. The molecule has 2 N–H and O–H groups in total.